The molecule has 1 N–H and O–H groups in total. The maximum absolute atomic E-state index is 13.6. The van der Waals surface area contributed by atoms with Gasteiger partial charge in [0.1, 0.15) is 5.82 Å². The largest absolute Gasteiger partial charge is 0.513 e. The lowest BCUT2D eigenvalue weighted by atomic mass is 10.0. The van der Waals surface area contributed by atoms with Gasteiger partial charge < -0.3 is 5.11 Å². The Kier molecular flexibility index (Phi) is 10.3. The van der Waals surface area contributed by atoms with Gasteiger partial charge in [0.2, 0.25) is 0 Å². The molecule has 0 unspecified atom stereocenters. The Labute approximate surface area is 222 Å². The quantitative estimate of drug-likeness (QED) is 0.183. The van der Waals surface area contributed by atoms with Crippen molar-refractivity contribution in [1.82, 2.24) is 14.6 Å². The molecule has 0 spiro atoms. The molecule has 1 aliphatic rings. The van der Waals surface area contributed by atoms with Crippen LogP contribution in [0.2, 0.25) is 0 Å². The lowest BCUT2D eigenvalue weighted by Gasteiger charge is -2.20. The van der Waals surface area contributed by atoms with Crippen LogP contribution in [0.4, 0.5) is 4.39 Å². The second-order valence-electron chi connectivity index (χ2n) is 8.79. The molecule has 1 aliphatic heterocycles. The van der Waals surface area contributed by atoms with E-state index in [0.717, 1.165) is 16.7 Å². The van der Waals surface area contributed by atoms with E-state index in [-0.39, 0.29) is 11.3 Å². The summed E-state index contributed by atoms with van der Waals surface area (Å²) in [6, 6.07) is 5.54. The summed E-state index contributed by atoms with van der Waals surface area (Å²) in [6.45, 7) is 12.3. The molecule has 7 nitrogen and oxygen atoms in total. The third-order valence-corrected chi connectivity index (χ3v) is 6.05. The molecule has 0 bridgehead atoms. The zero-order valence-electron chi connectivity index (χ0n) is 22.0. The lowest BCUT2D eigenvalue weighted by molar-refractivity contribution is 0.384. The molecular weight excluding hydrogens is 481 g/mol. The van der Waals surface area contributed by atoms with Crippen LogP contribution in [0.5, 0.6) is 0 Å². The summed E-state index contributed by atoms with van der Waals surface area (Å²) in [5.74, 6) is 0.655. The van der Waals surface area contributed by atoms with Crippen LogP contribution < -0.4 is 5.56 Å². The van der Waals surface area contributed by atoms with Gasteiger partial charge in [-0.2, -0.15) is 5.11 Å². The van der Waals surface area contributed by atoms with Crippen molar-refractivity contribution in [3.8, 4) is 0 Å². The van der Waals surface area contributed by atoms with E-state index in [1.807, 2.05) is 50.4 Å². The average Bonchev–Trinajstić information content (AvgIpc) is 2.92. The first-order valence-corrected chi connectivity index (χ1v) is 12.6. The number of aromatic nitrogens is 2. The molecule has 1 aromatic carbocycles. The fourth-order valence-corrected chi connectivity index (χ4v) is 4.17. The Morgan fingerprint density at radius 1 is 1.26 bits per heavy atom. The number of halogens is 1. The Hall–Kier alpha value is -4.33. The van der Waals surface area contributed by atoms with Crippen LogP contribution >= 0.6 is 0 Å². The molecule has 0 saturated carbocycles. The maximum Gasteiger partial charge on any atom is 0.265 e. The molecule has 0 amide bonds. The monoisotopic (exact) mass is 515 g/mol. The molecule has 8 heteroatoms. The number of aliphatic hydroxyl groups excluding tert-OH is 1. The van der Waals surface area contributed by atoms with Crippen molar-refractivity contribution in [2.75, 3.05) is 13.1 Å². The second kappa shape index (κ2) is 13.8. The summed E-state index contributed by atoms with van der Waals surface area (Å²) >= 11 is 0. The molecule has 0 saturated heterocycles. The topological polar surface area (TPSA) is 83.1 Å². The molecule has 2 aromatic rings. The summed E-state index contributed by atoms with van der Waals surface area (Å²) in [7, 11) is 0. The van der Waals surface area contributed by atoms with Gasteiger partial charge in [0.25, 0.3) is 5.56 Å². The first-order valence-electron chi connectivity index (χ1n) is 12.6. The molecule has 198 valence electrons. The van der Waals surface area contributed by atoms with Gasteiger partial charge in [0.15, 0.2) is 0 Å². The van der Waals surface area contributed by atoms with E-state index < -0.39 is 0 Å². The highest BCUT2D eigenvalue weighted by molar-refractivity contribution is 5.84. The van der Waals surface area contributed by atoms with Crippen LogP contribution in [0, 0.1) is 0 Å². The summed E-state index contributed by atoms with van der Waals surface area (Å²) in [5, 5.41) is 20.2. The van der Waals surface area contributed by atoms with Crippen molar-refractivity contribution in [2.45, 2.75) is 39.5 Å². The summed E-state index contributed by atoms with van der Waals surface area (Å²) in [5.41, 5.74) is 3.72. The molecule has 2 heterocycles. The molecule has 0 radical (unpaired) electrons. The summed E-state index contributed by atoms with van der Waals surface area (Å²) < 4.78 is 14.2. The normalized spacial score (nSPS) is 14.6. The number of fused-ring (bicyclic) bond motifs is 1. The van der Waals surface area contributed by atoms with Crippen molar-refractivity contribution in [2.24, 2.45) is 10.3 Å². The van der Waals surface area contributed by atoms with Crippen LogP contribution in [0.15, 0.2) is 107 Å². The van der Waals surface area contributed by atoms with E-state index in [1.54, 1.807) is 11.1 Å². The minimum Gasteiger partial charge on any atom is -0.513 e. The van der Waals surface area contributed by atoms with Gasteiger partial charge in [0.05, 0.1) is 36.1 Å². The van der Waals surface area contributed by atoms with Gasteiger partial charge in [-0.1, -0.05) is 42.7 Å². The van der Waals surface area contributed by atoms with E-state index in [4.69, 9.17) is 4.98 Å². The summed E-state index contributed by atoms with van der Waals surface area (Å²) in [4.78, 5) is 18.5. The van der Waals surface area contributed by atoms with Crippen molar-refractivity contribution < 1.29 is 9.50 Å². The van der Waals surface area contributed by atoms with Crippen molar-refractivity contribution in [3.63, 3.8) is 0 Å². The highest BCUT2D eigenvalue weighted by Gasteiger charge is 2.16. The molecule has 38 heavy (non-hydrogen) atoms. The zero-order valence-corrected chi connectivity index (χ0v) is 22.0. The second-order valence-corrected chi connectivity index (χ2v) is 8.79. The minimum atomic E-state index is -0.260. The Bertz CT molecular complexity index is 1430. The number of nitrogens with zero attached hydrogens (tertiary/aromatic N) is 5. The zero-order chi connectivity index (χ0) is 27.5. The number of hydrogen-bond donors (Lipinski definition) is 1. The predicted molar refractivity (Wildman–Crippen MR) is 153 cm³/mol. The third-order valence-electron chi connectivity index (χ3n) is 6.05. The van der Waals surface area contributed by atoms with Gasteiger partial charge in [-0.25, -0.2) is 14.4 Å². The van der Waals surface area contributed by atoms with Crippen LogP contribution in [-0.2, 0) is 6.42 Å². The highest BCUT2D eigenvalue weighted by Crippen LogP contribution is 2.24. The van der Waals surface area contributed by atoms with Crippen molar-refractivity contribution in [3.05, 3.63) is 113 Å². The number of benzene rings is 1. The molecule has 0 fully saturated rings. The van der Waals surface area contributed by atoms with Crippen LogP contribution in [-0.4, -0.2) is 32.8 Å². The number of allylic oxidation sites excluding steroid dienone is 7. The number of hydrogen-bond acceptors (Lipinski definition) is 6. The van der Waals surface area contributed by atoms with E-state index in [0.29, 0.717) is 67.5 Å². The molecule has 0 atom stereocenters. The Balaban J connectivity index is 2.05. The molecule has 3 rings (SSSR count). The van der Waals surface area contributed by atoms with E-state index >= 15 is 0 Å². The number of aryl methyl sites for hydroxylation is 1. The molecule has 0 aliphatic carbocycles. The SMILES string of the molecule is C=C/C(=C\C=C\F)n1c(CCCCC(=C)O)nc2cc(C3=CN(CC(/C=C\C)=C/C)N=NC3)ccc2c1=O. The maximum atomic E-state index is 13.6. The van der Waals surface area contributed by atoms with Gasteiger partial charge >= 0.3 is 0 Å². The lowest BCUT2D eigenvalue weighted by Crippen LogP contribution is -2.24. The third kappa shape index (κ3) is 7.12. The van der Waals surface area contributed by atoms with E-state index in [1.165, 1.54) is 22.8 Å². The Morgan fingerprint density at radius 2 is 2.08 bits per heavy atom. The van der Waals surface area contributed by atoms with Crippen molar-refractivity contribution >= 4 is 22.2 Å². The number of aliphatic hydroxyl groups is 1. The first-order chi connectivity index (χ1) is 18.4. The molecule has 1 aromatic heterocycles. The number of rotatable bonds is 12. The van der Waals surface area contributed by atoms with Gasteiger partial charge in [-0.15, -0.1) is 0 Å². The fourth-order valence-electron chi connectivity index (χ4n) is 4.17. The van der Waals surface area contributed by atoms with Crippen molar-refractivity contribution in [1.29, 1.82) is 0 Å². The smallest absolute Gasteiger partial charge is 0.265 e. The van der Waals surface area contributed by atoms with Gasteiger partial charge in [-0.3, -0.25) is 9.36 Å². The van der Waals surface area contributed by atoms with E-state index in [2.05, 4.69) is 23.5 Å². The standard InChI is InChI=1S/C30H34FN5O2/c1-5-11-23(6-2)20-35-21-25(19-32-34-35)24-15-16-27-28(18-24)33-29(14-9-8-12-22(4)37)36(30(27)38)26(7-3)13-10-17-31/h5-7,10-11,13,15-18,21,37H,3-4,8-9,12,14,19-20H2,1-2H3/b11-5-,17-10+,23-6+,26-13+. The first kappa shape index (κ1) is 28.2. The minimum absolute atomic E-state index is 0.123. The van der Waals surface area contributed by atoms with E-state index in [9.17, 15) is 14.3 Å². The molecular formula is C30H34FN5O2. The highest BCUT2D eigenvalue weighted by atomic mass is 19.1. The fraction of sp³-hybridized carbons (Fsp3) is 0.267. The number of unbranched alkanes of at least 4 members (excludes halogenated alkanes) is 1. The van der Waals surface area contributed by atoms with Crippen LogP contribution in [0.3, 0.4) is 0 Å². The predicted octanol–water partition coefficient (Wildman–Crippen LogP) is 7.24. The summed E-state index contributed by atoms with van der Waals surface area (Å²) in [6.07, 6.45) is 14.9. The van der Waals surface area contributed by atoms with Gasteiger partial charge in [-0.05, 0) is 68.2 Å². The van der Waals surface area contributed by atoms with Gasteiger partial charge in [0, 0.05) is 30.3 Å². The van der Waals surface area contributed by atoms with Crippen LogP contribution in [0.25, 0.3) is 22.2 Å². The Morgan fingerprint density at radius 3 is 2.76 bits per heavy atom. The van der Waals surface area contributed by atoms with Crippen LogP contribution in [0.1, 0.15) is 44.5 Å². The average molecular weight is 516 g/mol.